The van der Waals surface area contributed by atoms with Crippen molar-refractivity contribution < 1.29 is 9.47 Å². The molecule has 8 atom stereocenters. The van der Waals surface area contributed by atoms with Crippen LogP contribution in [0.15, 0.2) is 0 Å². The highest BCUT2D eigenvalue weighted by molar-refractivity contribution is 9.10. The summed E-state index contributed by atoms with van der Waals surface area (Å²) in [6.45, 7) is 1.68. The standard InChI is InChI=1S/C11H11BrO2/c12-10-5-3-6-4(5)8(10)9(7(3)10)11(6)13-1-2-14-11/h3-9H,1-2H2/t3-,4+,5?,6?,7-,8-,9?,10?/m1/s1. The van der Waals surface area contributed by atoms with Crippen LogP contribution in [0.25, 0.3) is 0 Å². The van der Waals surface area contributed by atoms with Gasteiger partial charge < -0.3 is 9.47 Å². The van der Waals surface area contributed by atoms with Crippen LogP contribution in [-0.2, 0) is 9.47 Å². The molecular formula is C11H11BrO2. The SMILES string of the molecule is BrC12C3[C@H]4C5[C@@H]3[C@@H]1C([C@@H]42)C51OCCO1. The Morgan fingerprint density at radius 2 is 1.50 bits per heavy atom. The summed E-state index contributed by atoms with van der Waals surface area (Å²) >= 11 is 3.99. The first kappa shape index (κ1) is 6.87. The van der Waals surface area contributed by atoms with Gasteiger partial charge in [0.1, 0.15) is 0 Å². The van der Waals surface area contributed by atoms with Crippen molar-refractivity contribution in [3.8, 4) is 0 Å². The Labute approximate surface area is 90.4 Å². The van der Waals surface area contributed by atoms with Gasteiger partial charge in [0.25, 0.3) is 0 Å². The second kappa shape index (κ2) is 1.47. The van der Waals surface area contributed by atoms with Gasteiger partial charge in [0.05, 0.1) is 13.2 Å². The maximum atomic E-state index is 6.01. The molecule has 6 saturated carbocycles. The lowest BCUT2D eigenvalue weighted by Gasteiger charge is -2.88. The van der Waals surface area contributed by atoms with E-state index in [2.05, 4.69) is 15.9 Å². The number of ether oxygens (including phenoxy) is 2. The Balaban J connectivity index is 1.62. The van der Waals surface area contributed by atoms with Gasteiger partial charge in [0.2, 0.25) is 0 Å². The number of alkyl halides is 1. The maximum Gasteiger partial charge on any atom is 0.175 e. The fourth-order valence-corrected chi connectivity index (χ4v) is 8.33. The van der Waals surface area contributed by atoms with Crippen LogP contribution >= 0.6 is 15.9 Å². The van der Waals surface area contributed by atoms with Gasteiger partial charge in [-0.25, -0.2) is 0 Å². The predicted molar refractivity (Wildman–Crippen MR) is 50.7 cm³/mol. The molecule has 14 heavy (non-hydrogen) atoms. The van der Waals surface area contributed by atoms with Crippen molar-refractivity contribution in [2.45, 2.75) is 10.1 Å². The molecule has 1 spiro atoms. The zero-order chi connectivity index (χ0) is 8.87. The average molecular weight is 255 g/mol. The van der Waals surface area contributed by atoms with E-state index in [9.17, 15) is 0 Å². The summed E-state index contributed by atoms with van der Waals surface area (Å²) in [6, 6.07) is 0. The van der Waals surface area contributed by atoms with Crippen LogP contribution in [0.3, 0.4) is 0 Å². The first-order valence-electron chi connectivity index (χ1n) is 5.78. The Morgan fingerprint density at radius 3 is 2.07 bits per heavy atom. The van der Waals surface area contributed by atoms with E-state index in [1.165, 1.54) is 0 Å². The van der Waals surface area contributed by atoms with E-state index in [-0.39, 0.29) is 5.79 Å². The molecule has 1 saturated heterocycles. The summed E-state index contributed by atoms with van der Waals surface area (Å²) in [4.78, 5) is 0. The van der Waals surface area contributed by atoms with E-state index in [1.54, 1.807) is 0 Å². The molecule has 0 aromatic heterocycles. The first-order valence-corrected chi connectivity index (χ1v) is 6.58. The Bertz CT molecular complexity index is 369. The molecule has 0 radical (unpaired) electrons. The van der Waals surface area contributed by atoms with Crippen molar-refractivity contribution >= 4 is 15.9 Å². The monoisotopic (exact) mass is 254 g/mol. The third-order valence-corrected chi connectivity index (χ3v) is 8.05. The van der Waals surface area contributed by atoms with Crippen LogP contribution in [0.2, 0.25) is 0 Å². The molecule has 1 heterocycles. The summed E-state index contributed by atoms with van der Waals surface area (Å²) < 4.78 is 12.6. The molecule has 0 aromatic rings. The summed E-state index contributed by atoms with van der Waals surface area (Å²) in [7, 11) is 0. The molecule has 7 aliphatic rings. The maximum absolute atomic E-state index is 6.01. The van der Waals surface area contributed by atoms with Gasteiger partial charge in [-0.2, -0.15) is 0 Å². The lowest BCUT2D eigenvalue weighted by molar-refractivity contribution is -0.349. The molecule has 0 N–H and O–H groups in total. The van der Waals surface area contributed by atoms with E-state index in [0.29, 0.717) is 4.32 Å². The third kappa shape index (κ3) is 0.316. The predicted octanol–water partition coefficient (Wildman–Crippen LogP) is 1.24. The van der Waals surface area contributed by atoms with E-state index < -0.39 is 0 Å². The van der Waals surface area contributed by atoms with Gasteiger partial charge in [-0.3, -0.25) is 0 Å². The summed E-state index contributed by atoms with van der Waals surface area (Å²) in [5.41, 5.74) is 0. The number of hydrogen-bond donors (Lipinski definition) is 0. The van der Waals surface area contributed by atoms with Crippen LogP contribution in [0.5, 0.6) is 0 Å². The topological polar surface area (TPSA) is 18.5 Å². The second-order valence-electron chi connectivity index (χ2n) is 6.03. The smallest absolute Gasteiger partial charge is 0.175 e. The van der Waals surface area contributed by atoms with Crippen molar-refractivity contribution in [2.75, 3.05) is 13.2 Å². The van der Waals surface area contributed by atoms with Crippen LogP contribution in [0.4, 0.5) is 0 Å². The van der Waals surface area contributed by atoms with E-state index in [4.69, 9.17) is 9.47 Å². The van der Waals surface area contributed by atoms with Crippen LogP contribution in [-0.4, -0.2) is 23.3 Å². The molecule has 0 aromatic carbocycles. The van der Waals surface area contributed by atoms with Crippen molar-refractivity contribution in [2.24, 2.45) is 41.4 Å². The molecular weight excluding hydrogens is 244 g/mol. The van der Waals surface area contributed by atoms with Crippen molar-refractivity contribution in [1.29, 1.82) is 0 Å². The Kier molecular flexibility index (Phi) is 0.723. The minimum absolute atomic E-state index is 0.0745. The molecule has 2 bridgehead atoms. The molecule has 7 fully saturated rings. The van der Waals surface area contributed by atoms with Crippen molar-refractivity contribution in [3.05, 3.63) is 0 Å². The molecule has 74 valence electrons. The Hall–Kier alpha value is 0.400. The summed E-state index contributed by atoms with van der Waals surface area (Å²) in [5, 5.41) is 0. The van der Waals surface area contributed by atoms with Crippen molar-refractivity contribution in [3.63, 3.8) is 0 Å². The number of rotatable bonds is 0. The number of halogens is 1. The fraction of sp³-hybridized carbons (Fsp3) is 1.00. The average Bonchev–Trinajstić information content (AvgIpc) is 2.71. The van der Waals surface area contributed by atoms with E-state index in [0.717, 1.165) is 54.6 Å². The molecule has 3 heteroatoms. The third-order valence-electron chi connectivity index (χ3n) is 6.46. The first-order chi connectivity index (χ1) is 6.82. The molecule has 7 rings (SSSR count). The van der Waals surface area contributed by atoms with Gasteiger partial charge in [0.15, 0.2) is 5.79 Å². The molecule has 6 aliphatic carbocycles. The summed E-state index contributed by atoms with van der Waals surface area (Å²) in [5.74, 6) is 6.32. The number of hydrogen-bond acceptors (Lipinski definition) is 2. The van der Waals surface area contributed by atoms with Gasteiger partial charge >= 0.3 is 0 Å². The fourth-order valence-electron chi connectivity index (χ4n) is 6.54. The van der Waals surface area contributed by atoms with Gasteiger partial charge in [-0.05, 0) is 29.6 Å². The van der Waals surface area contributed by atoms with Crippen LogP contribution < -0.4 is 0 Å². The highest BCUT2D eigenvalue weighted by atomic mass is 79.9. The molecule has 4 unspecified atom stereocenters. The van der Waals surface area contributed by atoms with E-state index >= 15 is 0 Å². The zero-order valence-electron chi connectivity index (χ0n) is 7.65. The highest BCUT2D eigenvalue weighted by Gasteiger charge is 3.03. The lowest BCUT2D eigenvalue weighted by Crippen LogP contribution is -2.90. The van der Waals surface area contributed by atoms with Gasteiger partial charge in [0, 0.05) is 16.2 Å². The highest BCUT2D eigenvalue weighted by Crippen LogP contribution is 3.00. The second-order valence-corrected chi connectivity index (χ2v) is 7.40. The molecule has 2 nitrogen and oxygen atoms in total. The summed E-state index contributed by atoms with van der Waals surface area (Å²) in [6.07, 6.45) is 0. The quantitative estimate of drug-likeness (QED) is 0.606. The zero-order valence-corrected chi connectivity index (χ0v) is 9.24. The molecule has 1 aliphatic heterocycles. The van der Waals surface area contributed by atoms with E-state index in [1.807, 2.05) is 0 Å². The minimum Gasteiger partial charge on any atom is -0.347 e. The largest absolute Gasteiger partial charge is 0.347 e. The minimum atomic E-state index is -0.0745. The van der Waals surface area contributed by atoms with Gasteiger partial charge in [-0.15, -0.1) is 0 Å². The van der Waals surface area contributed by atoms with Crippen LogP contribution in [0.1, 0.15) is 0 Å². The van der Waals surface area contributed by atoms with Crippen molar-refractivity contribution in [1.82, 2.24) is 0 Å². The Morgan fingerprint density at radius 1 is 0.857 bits per heavy atom. The normalized spacial score (nSPS) is 81.6. The lowest BCUT2D eigenvalue weighted by atomic mass is 9.20. The van der Waals surface area contributed by atoms with Crippen LogP contribution in [0, 0.1) is 41.4 Å². The van der Waals surface area contributed by atoms with Gasteiger partial charge in [-0.1, -0.05) is 15.9 Å². The molecule has 0 amide bonds.